The van der Waals surface area contributed by atoms with Crippen molar-refractivity contribution in [2.24, 2.45) is 0 Å². The summed E-state index contributed by atoms with van der Waals surface area (Å²) < 4.78 is 4.88. The summed E-state index contributed by atoms with van der Waals surface area (Å²) >= 11 is 0. The number of phenolic OH excluding ortho intramolecular Hbond substituents is 1. The molecule has 5 heteroatoms. The lowest BCUT2D eigenvalue weighted by molar-refractivity contribution is -0.142. The maximum absolute atomic E-state index is 12.4. The van der Waals surface area contributed by atoms with E-state index in [1.165, 1.54) is 0 Å². The summed E-state index contributed by atoms with van der Waals surface area (Å²) in [6, 6.07) is 14.3. The standard InChI is InChI=1S/C19H21NO4/c1-3-24-17(21)12-15-10-7-11-16(18(15)22)20-19(23)13(2)14-8-5-4-6-9-14/h4-11,13,22H,3,12H2,1-2H3,(H,20,23)/t13-/m1/s1. The van der Waals surface area contributed by atoms with E-state index >= 15 is 0 Å². The van der Waals surface area contributed by atoms with E-state index in [2.05, 4.69) is 5.32 Å². The highest BCUT2D eigenvalue weighted by molar-refractivity contribution is 5.97. The van der Waals surface area contributed by atoms with Gasteiger partial charge in [-0.05, 0) is 25.5 Å². The Morgan fingerprint density at radius 2 is 1.83 bits per heavy atom. The van der Waals surface area contributed by atoms with Crippen LogP contribution in [0.1, 0.15) is 30.9 Å². The van der Waals surface area contributed by atoms with Crippen LogP contribution in [0, 0.1) is 0 Å². The number of rotatable bonds is 6. The minimum absolute atomic E-state index is 0.0440. The van der Waals surface area contributed by atoms with Crippen LogP contribution < -0.4 is 5.32 Å². The van der Waals surface area contributed by atoms with Crippen LogP contribution >= 0.6 is 0 Å². The van der Waals surface area contributed by atoms with Gasteiger partial charge in [0.25, 0.3) is 0 Å². The van der Waals surface area contributed by atoms with Crippen molar-refractivity contribution >= 4 is 17.6 Å². The number of phenols is 1. The summed E-state index contributed by atoms with van der Waals surface area (Å²) in [7, 11) is 0. The second-order valence-electron chi connectivity index (χ2n) is 5.42. The Balaban J connectivity index is 2.12. The Bertz CT molecular complexity index is 713. The van der Waals surface area contributed by atoms with E-state index in [9.17, 15) is 14.7 Å². The zero-order valence-corrected chi connectivity index (χ0v) is 13.8. The van der Waals surface area contributed by atoms with E-state index in [1.807, 2.05) is 30.3 Å². The molecular formula is C19H21NO4. The highest BCUT2D eigenvalue weighted by atomic mass is 16.5. The molecule has 24 heavy (non-hydrogen) atoms. The molecule has 0 aliphatic carbocycles. The predicted molar refractivity (Wildman–Crippen MR) is 91.9 cm³/mol. The number of hydrogen-bond acceptors (Lipinski definition) is 4. The van der Waals surface area contributed by atoms with Crippen LogP contribution in [0.5, 0.6) is 5.75 Å². The molecule has 0 radical (unpaired) electrons. The third-order valence-electron chi connectivity index (χ3n) is 3.71. The topological polar surface area (TPSA) is 75.6 Å². The molecule has 0 heterocycles. The van der Waals surface area contributed by atoms with Crippen molar-refractivity contribution in [2.45, 2.75) is 26.2 Å². The van der Waals surface area contributed by atoms with Gasteiger partial charge in [-0.2, -0.15) is 0 Å². The van der Waals surface area contributed by atoms with Gasteiger partial charge >= 0.3 is 5.97 Å². The Morgan fingerprint density at radius 1 is 1.12 bits per heavy atom. The van der Waals surface area contributed by atoms with Crippen molar-refractivity contribution in [1.29, 1.82) is 0 Å². The minimum Gasteiger partial charge on any atom is -0.505 e. The Hall–Kier alpha value is -2.82. The highest BCUT2D eigenvalue weighted by Gasteiger charge is 2.18. The zero-order valence-electron chi connectivity index (χ0n) is 13.8. The first-order valence-corrected chi connectivity index (χ1v) is 7.85. The van der Waals surface area contributed by atoms with Crippen LogP contribution in [0.25, 0.3) is 0 Å². The molecule has 2 aromatic carbocycles. The number of para-hydroxylation sites is 1. The van der Waals surface area contributed by atoms with Gasteiger partial charge in [0.1, 0.15) is 5.75 Å². The van der Waals surface area contributed by atoms with E-state index in [0.29, 0.717) is 5.56 Å². The van der Waals surface area contributed by atoms with Crippen molar-refractivity contribution in [3.8, 4) is 5.75 Å². The van der Waals surface area contributed by atoms with Gasteiger partial charge in [0, 0.05) is 5.56 Å². The summed E-state index contributed by atoms with van der Waals surface area (Å²) in [5, 5.41) is 13.0. The number of amides is 1. The Morgan fingerprint density at radius 3 is 2.50 bits per heavy atom. The second-order valence-corrected chi connectivity index (χ2v) is 5.42. The van der Waals surface area contributed by atoms with Crippen molar-refractivity contribution in [1.82, 2.24) is 0 Å². The van der Waals surface area contributed by atoms with E-state index in [-0.39, 0.29) is 36.3 Å². The zero-order chi connectivity index (χ0) is 17.5. The molecule has 2 rings (SSSR count). The van der Waals surface area contributed by atoms with Crippen LogP contribution in [-0.2, 0) is 20.7 Å². The number of hydrogen-bond donors (Lipinski definition) is 2. The first kappa shape index (κ1) is 17.5. The van der Waals surface area contributed by atoms with Gasteiger partial charge in [-0.15, -0.1) is 0 Å². The van der Waals surface area contributed by atoms with Gasteiger partial charge < -0.3 is 15.2 Å². The fourth-order valence-electron chi connectivity index (χ4n) is 2.34. The monoisotopic (exact) mass is 327 g/mol. The lowest BCUT2D eigenvalue weighted by Crippen LogP contribution is -2.19. The van der Waals surface area contributed by atoms with Gasteiger partial charge in [0.05, 0.1) is 24.6 Å². The van der Waals surface area contributed by atoms with E-state index in [1.54, 1.807) is 32.0 Å². The van der Waals surface area contributed by atoms with E-state index in [0.717, 1.165) is 5.56 Å². The number of esters is 1. The molecule has 0 saturated carbocycles. The summed E-state index contributed by atoms with van der Waals surface area (Å²) in [6.45, 7) is 3.80. The van der Waals surface area contributed by atoms with Crippen LogP contribution in [0.15, 0.2) is 48.5 Å². The van der Waals surface area contributed by atoms with E-state index in [4.69, 9.17) is 4.74 Å². The van der Waals surface area contributed by atoms with Crippen molar-refractivity contribution in [3.05, 3.63) is 59.7 Å². The predicted octanol–water partition coefficient (Wildman–Crippen LogP) is 3.24. The molecule has 2 aromatic rings. The van der Waals surface area contributed by atoms with Gasteiger partial charge in [-0.25, -0.2) is 0 Å². The third kappa shape index (κ3) is 4.35. The minimum atomic E-state index is -0.422. The number of aromatic hydroxyl groups is 1. The summed E-state index contributed by atoms with van der Waals surface area (Å²) in [6.07, 6.45) is -0.0440. The number of anilines is 1. The molecule has 0 aromatic heterocycles. The molecule has 1 atom stereocenters. The second kappa shape index (κ2) is 8.15. The molecule has 5 nitrogen and oxygen atoms in total. The van der Waals surface area contributed by atoms with Crippen molar-refractivity contribution in [2.75, 3.05) is 11.9 Å². The molecule has 2 N–H and O–H groups in total. The summed E-state index contributed by atoms with van der Waals surface area (Å²) in [4.78, 5) is 24.0. The van der Waals surface area contributed by atoms with Crippen LogP contribution in [0.3, 0.4) is 0 Å². The SMILES string of the molecule is CCOC(=O)Cc1cccc(NC(=O)[C@H](C)c2ccccc2)c1O. The highest BCUT2D eigenvalue weighted by Crippen LogP contribution is 2.29. The molecular weight excluding hydrogens is 306 g/mol. The maximum atomic E-state index is 12.4. The maximum Gasteiger partial charge on any atom is 0.310 e. The van der Waals surface area contributed by atoms with Gasteiger partial charge in [0.2, 0.25) is 5.91 Å². The fraction of sp³-hybridized carbons (Fsp3) is 0.263. The first-order valence-electron chi connectivity index (χ1n) is 7.85. The quantitative estimate of drug-likeness (QED) is 0.631. The number of carbonyl (C=O) groups excluding carboxylic acids is 2. The molecule has 0 aliphatic heterocycles. The Kier molecular flexibility index (Phi) is 5.95. The molecule has 0 aliphatic rings. The van der Waals surface area contributed by atoms with Crippen molar-refractivity contribution < 1.29 is 19.4 Å². The molecule has 0 fully saturated rings. The van der Waals surface area contributed by atoms with Gasteiger partial charge in [-0.3, -0.25) is 9.59 Å². The molecule has 0 saturated heterocycles. The third-order valence-corrected chi connectivity index (χ3v) is 3.71. The lowest BCUT2D eigenvalue weighted by atomic mass is 10.0. The summed E-state index contributed by atoms with van der Waals surface area (Å²) in [5.74, 6) is -1.13. The Labute approximate surface area is 141 Å². The molecule has 126 valence electrons. The number of carbonyl (C=O) groups is 2. The number of nitrogens with one attached hydrogen (secondary N) is 1. The number of ether oxygens (including phenoxy) is 1. The molecule has 0 bridgehead atoms. The smallest absolute Gasteiger partial charge is 0.310 e. The molecule has 0 spiro atoms. The molecule has 1 amide bonds. The lowest BCUT2D eigenvalue weighted by Gasteiger charge is -2.15. The molecule has 0 unspecified atom stereocenters. The van der Waals surface area contributed by atoms with Crippen LogP contribution in [-0.4, -0.2) is 23.6 Å². The average Bonchev–Trinajstić information content (AvgIpc) is 2.58. The number of benzene rings is 2. The fourth-order valence-corrected chi connectivity index (χ4v) is 2.34. The summed E-state index contributed by atoms with van der Waals surface area (Å²) in [5.41, 5.74) is 1.58. The normalized spacial score (nSPS) is 11.6. The van der Waals surface area contributed by atoms with Crippen LogP contribution in [0.2, 0.25) is 0 Å². The average molecular weight is 327 g/mol. The first-order chi connectivity index (χ1) is 11.5. The largest absolute Gasteiger partial charge is 0.505 e. The van der Waals surface area contributed by atoms with Gasteiger partial charge in [0.15, 0.2) is 0 Å². The van der Waals surface area contributed by atoms with Gasteiger partial charge in [-0.1, -0.05) is 42.5 Å². The van der Waals surface area contributed by atoms with Crippen LogP contribution in [0.4, 0.5) is 5.69 Å². The van der Waals surface area contributed by atoms with Crippen molar-refractivity contribution in [3.63, 3.8) is 0 Å². The van der Waals surface area contributed by atoms with E-state index < -0.39 is 5.97 Å².